The topological polar surface area (TPSA) is 76.7 Å². The number of nitrogens with zero attached hydrogens (tertiary/aromatic N) is 1. The number of rotatable bonds is 2. The predicted molar refractivity (Wildman–Crippen MR) is 77.9 cm³/mol. The second-order valence-corrected chi connectivity index (χ2v) is 4.45. The van der Waals surface area contributed by atoms with Gasteiger partial charge in [0.25, 0.3) is 0 Å². The van der Waals surface area contributed by atoms with Gasteiger partial charge in [0, 0.05) is 13.1 Å². The lowest BCUT2D eigenvalue weighted by atomic mass is 9.97. The zero-order valence-corrected chi connectivity index (χ0v) is 10.9. The molecule has 0 spiro atoms. The summed E-state index contributed by atoms with van der Waals surface area (Å²) in [7, 11) is 0. The van der Waals surface area contributed by atoms with Gasteiger partial charge in [-0.2, -0.15) is 5.10 Å². The Balaban J connectivity index is 1.94. The largest absolute Gasteiger partial charge is 0.465 e. The van der Waals surface area contributed by atoms with Gasteiger partial charge >= 0.3 is 0 Å². The zero-order valence-electron chi connectivity index (χ0n) is 10.9. The molecule has 0 radical (unpaired) electrons. The zero-order chi connectivity index (χ0) is 13.8. The lowest BCUT2D eigenvalue weighted by Crippen LogP contribution is -2.33. The molecule has 2 aromatic rings. The van der Waals surface area contributed by atoms with Crippen molar-refractivity contribution in [2.45, 2.75) is 0 Å². The van der Waals surface area contributed by atoms with Gasteiger partial charge in [0.05, 0.1) is 18.2 Å². The van der Waals surface area contributed by atoms with E-state index in [4.69, 9.17) is 14.7 Å². The third-order valence-corrected chi connectivity index (χ3v) is 3.09. The maximum atomic E-state index is 5.56. The highest BCUT2D eigenvalue weighted by molar-refractivity contribution is 6.17. The van der Waals surface area contributed by atoms with Crippen molar-refractivity contribution in [3.8, 4) is 0 Å². The van der Waals surface area contributed by atoms with Gasteiger partial charge in [0.1, 0.15) is 11.5 Å². The molecule has 1 aliphatic heterocycles. The third-order valence-electron chi connectivity index (χ3n) is 3.09. The van der Waals surface area contributed by atoms with Crippen LogP contribution in [-0.2, 0) is 0 Å². The molecule has 0 aliphatic carbocycles. The summed E-state index contributed by atoms with van der Waals surface area (Å²) in [6.45, 7) is 1.40. The summed E-state index contributed by atoms with van der Waals surface area (Å²) in [6.07, 6.45) is 7.16. The smallest absolute Gasteiger partial charge is 0.127 e. The molecular formula is C15H15N3O2. The first-order valence-electron chi connectivity index (χ1n) is 6.34. The number of hydrazone groups is 1. The maximum absolute atomic E-state index is 5.56. The van der Waals surface area contributed by atoms with Crippen LogP contribution in [-0.4, -0.2) is 18.8 Å². The summed E-state index contributed by atoms with van der Waals surface area (Å²) in [6, 6.07) is 7.49. The first kappa shape index (κ1) is 12.5. The monoisotopic (exact) mass is 269 g/mol. The molecule has 0 atom stereocenters. The first-order chi connectivity index (χ1) is 9.86. The molecule has 5 nitrogen and oxygen atoms in total. The van der Waals surface area contributed by atoms with E-state index in [9.17, 15) is 0 Å². The summed E-state index contributed by atoms with van der Waals surface area (Å²) >= 11 is 0. The molecule has 0 unspecified atom stereocenters. The maximum Gasteiger partial charge on any atom is 0.127 e. The van der Waals surface area contributed by atoms with Gasteiger partial charge in [-0.25, -0.2) is 0 Å². The quantitative estimate of drug-likeness (QED) is 0.647. The summed E-state index contributed by atoms with van der Waals surface area (Å²) in [5, 5.41) is 7.25. The van der Waals surface area contributed by atoms with Crippen LogP contribution < -0.4 is 11.2 Å². The van der Waals surface area contributed by atoms with Gasteiger partial charge in [-0.05, 0) is 47.6 Å². The number of nitrogens with two attached hydrogens (primary N) is 1. The molecule has 0 saturated carbocycles. The molecule has 1 saturated heterocycles. The van der Waals surface area contributed by atoms with E-state index in [-0.39, 0.29) is 0 Å². The summed E-state index contributed by atoms with van der Waals surface area (Å²) in [5.74, 6) is 7.12. The lowest BCUT2D eigenvalue weighted by Gasteiger charge is -2.20. The predicted octanol–water partition coefficient (Wildman–Crippen LogP) is 2.26. The Hall–Kier alpha value is -2.53. The fourth-order valence-corrected chi connectivity index (χ4v) is 2.20. The Morgan fingerprint density at radius 3 is 1.95 bits per heavy atom. The van der Waals surface area contributed by atoms with Crippen molar-refractivity contribution in [2.24, 2.45) is 10.9 Å². The average molecular weight is 269 g/mol. The van der Waals surface area contributed by atoms with Crippen LogP contribution in [0.2, 0.25) is 0 Å². The van der Waals surface area contributed by atoms with E-state index in [1.807, 2.05) is 36.4 Å². The van der Waals surface area contributed by atoms with Crippen LogP contribution in [0.5, 0.6) is 0 Å². The Kier molecular flexibility index (Phi) is 3.52. The van der Waals surface area contributed by atoms with Gasteiger partial charge in [-0.15, -0.1) is 0 Å². The third kappa shape index (κ3) is 2.57. The van der Waals surface area contributed by atoms with E-state index >= 15 is 0 Å². The van der Waals surface area contributed by atoms with Crippen molar-refractivity contribution in [3.05, 3.63) is 59.5 Å². The van der Waals surface area contributed by atoms with E-state index in [0.717, 1.165) is 28.4 Å². The van der Waals surface area contributed by atoms with Crippen molar-refractivity contribution < 1.29 is 8.83 Å². The number of nitrogens with one attached hydrogen (secondary N) is 1. The van der Waals surface area contributed by atoms with Gasteiger partial charge in [-0.1, -0.05) is 0 Å². The van der Waals surface area contributed by atoms with Crippen LogP contribution >= 0.6 is 0 Å². The molecule has 3 rings (SSSR count). The first-order valence-corrected chi connectivity index (χ1v) is 6.34. The second-order valence-electron chi connectivity index (χ2n) is 4.45. The van der Waals surface area contributed by atoms with Crippen LogP contribution in [0.4, 0.5) is 0 Å². The standard InChI is InChI=1S/C15H15N3O2/c16-18-15-11(7-13-3-1-5-19-13)9-17-10-12(15)8-14-4-2-6-20-14/h1-8,17H,9-10,16H2/b11-7+,12-8+. The van der Waals surface area contributed by atoms with Crippen LogP contribution in [0.15, 0.2) is 61.9 Å². The summed E-state index contributed by atoms with van der Waals surface area (Å²) < 4.78 is 10.7. The Bertz CT molecular complexity index is 595. The van der Waals surface area contributed by atoms with Crippen molar-refractivity contribution in [1.29, 1.82) is 0 Å². The van der Waals surface area contributed by atoms with Crippen molar-refractivity contribution in [1.82, 2.24) is 5.32 Å². The fraction of sp³-hybridized carbons (Fsp3) is 0.133. The highest BCUT2D eigenvalue weighted by atomic mass is 16.3. The SMILES string of the molecule is NN=C1/C(=C/c2ccco2)CNC/C1=C\c1ccco1. The molecule has 102 valence electrons. The average Bonchev–Trinajstić information content (AvgIpc) is 3.13. The summed E-state index contributed by atoms with van der Waals surface area (Å²) in [5.41, 5.74) is 2.76. The van der Waals surface area contributed by atoms with Crippen molar-refractivity contribution in [3.63, 3.8) is 0 Å². The van der Waals surface area contributed by atoms with E-state index in [1.54, 1.807) is 12.5 Å². The highest BCUT2D eigenvalue weighted by Crippen LogP contribution is 2.18. The van der Waals surface area contributed by atoms with Gasteiger partial charge in [0.15, 0.2) is 0 Å². The van der Waals surface area contributed by atoms with E-state index in [2.05, 4.69) is 10.4 Å². The van der Waals surface area contributed by atoms with Crippen LogP contribution in [0.25, 0.3) is 12.2 Å². The minimum absolute atomic E-state index is 0.701. The van der Waals surface area contributed by atoms with E-state index in [1.165, 1.54) is 0 Å². The second kappa shape index (κ2) is 5.63. The Morgan fingerprint density at radius 2 is 1.55 bits per heavy atom. The van der Waals surface area contributed by atoms with Gasteiger partial charge in [-0.3, -0.25) is 0 Å². The Labute approximate surface area is 116 Å². The number of hydrogen-bond acceptors (Lipinski definition) is 5. The number of piperidine rings is 1. The molecule has 2 aromatic heterocycles. The lowest BCUT2D eigenvalue weighted by molar-refractivity contribution is 0.556. The van der Waals surface area contributed by atoms with Crippen LogP contribution in [0.3, 0.4) is 0 Å². The van der Waals surface area contributed by atoms with E-state index < -0.39 is 0 Å². The molecule has 20 heavy (non-hydrogen) atoms. The fourth-order valence-electron chi connectivity index (χ4n) is 2.20. The van der Waals surface area contributed by atoms with Gasteiger partial charge in [0.2, 0.25) is 0 Å². The molecule has 0 amide bonds. The highest BCUT2D eigenvalue weighted by Gasteiger charge is 2.19. The van der Waals surface area contributed by atoms with Crippen LogP contribution in [0.1, 0.15) is 11.5 Å². The minimum Gasteiger partial charge on any atom is -0.465 e. The molecule has 3 heterocycles. The minimum atomic E-state index is 0.701. The van der Waals surface area contributed by atoms with Crippen LogP contribution in [0, 0.1) is 0 Å². The molecule has 1 fully saturated rings. The van der Waals surface area contributed by atoms with Gasteiger partial charge < -0.3 is 20.0 Å². The normalized spacial score (nSPS) is 19.7. The molecule has 0 aromatic carbocycles. The van der Waals surface area contributed by atoms with E-state index in [0.29, 0.717) is 13.1 Å². The molecule has 3 N–H and O–H groups in total. The molecule has 0 bridgehead atoms. The summed E-state index contributed by atoms with van der Waals surface area (Å²) in [4.78, 5) is 0. The van der Waals surface area contributed by atoms with Crippen molar-refractivity contribution >= 4 is 17.9 Å². The Morgan fingerprint density at radius 1 is 1.00 bits per heavy atom. The number of furan rings is 2. The molecular weight excluding hydrogens is 254 g/mol. The molecule has 1 aliphatic rings. The molecule has 5 heteroatoms. The number of hydrogen-bond donors (Lipinski definition) is 2. The van der Waals surface area contributed by atoms with Crippen molar-refractivity contribution in [2.75, 3.05) is 13.1 Å².